The predicted octanol–water partition coefficient (Wildman–Crippen LogP) is 4.29. The first-order valence-electron chi connectivity index (χ1n) is 12.0. The lowest BCUT2D eigenvalue weighted by Crippen LogP contribution is -2.44. The van der Waals surface area contributed by atoms with Crippen LogP contribution in [0.4, 0.5) is 4.39 Å². The maximum atomic E-state index is 14.9. The molecule has 184 valence electrons. The van der Waals surface area contributed by atoms with E-state index < -0.39 is 0 Å². The van der Waals surface area contributed by atoms with Crippen molar-refractivity contribution in [3.8, 4) is 17.2 Å². The molecule has 1 aliphatic carbocycles. The number of hydrogen-bond donors (Lipinski definition) is 2. The lowest BCUT2D eigenvalue weighted by atomic mass is 9.79. The Morgan fingerprint density at radius 1 is 1.03 bits per heavy atom. The summed E-state index contributed by atoms with van der Waals surface area (Å²) < 4.78 is 16.6. The van der Waals surface area contributed by atoms with E-state index in [9.17, 15) is 14.0 Å². The van der Waals surface area contributed by atoms with Crippen LogP contribution in [0.3, 0.4) is 0 Å². The van der Waals surface area contributed by atoms with Gasteiger partial charge in [-0.15, -0.1) is 10.2 Å². The maximum absolute atomic E-state index is 14.9. The molecule has 2 aromatic carbocycles. The van der Waals surface area contributed by atoms with E-state index in [4.69, 9.17) is 0 Å². The summed E-state index contributed by atoms with van der Waals surface area (Å²) in [6, 6.07) is 18.6. The first-order chi connectivity index (χ1) is 18.0. The van der Waals surface area contributed by atoms with Crippen molar-refractivity contribution < 1.29 is 9.18 Å². The van der Waals surface area contributed by atoms with Gasteiger partial charge in [0.25, 0.3) is 5.91 Å². The highest BCUT2D eigenvalue weighted by Crippen LogP contribution is 2.39. The van der Waals surface area contributed by atoms with Gasteiger partial charge in [0, 0.05) is 40.7 Å². The highest BCUT2D eigenvalue weighted by molar-refractivity contribution is 6.06. The molecular formula is C28H23FN6O2. The largest absolute Gasteiger partial charge is 0.349 e. The highest BCUT2D eigenvalue weighted by Gasteiger charge is 2.36. The van der Waals surface area contributed by atoms with Crippen LogP contribution in [-0.4, -0.2) is 36.7 Å². The van der Waals surface area contributed by atoms with Crippen LogP contribution in [0.15, 0.2) is 77.7 Å². The standard InChI is InChI=1S/C28H23FN6O2/c1-16-9-11-23(30-15-16)27-34-33-26(35(27)24-8-3-2-6-21(24)29)17-13-18(14-17)31-28(37)20-5-4-7-22-19(20)10-12-25(36)32-22/h2-12,15,17-18H,13-14H2,1H3,(H,31,37)(H,32,36). The minimum Gasteiger partial charge on any atom is -0.349 e. The van der Waals surface area contributed by atoms with Gasteiger partial charge in [-0.1, -0.05) is 24.3 Å². The van der Waals surface area contributed by atoms with Crippen LogP contribution < -0.4 is 10.9 Å². The van der Waals surface area contributed by atoms with Gasteiger partial charge in [0.15, 0.2) is 5.82 Å². The molecule has 5 aromatic rings. The fourth-order valence-corrected chi connectivity index (χ4v) is 4.79. The average molecular weight is 495 g/mol. The normalized spacial score (nSPS) is 16.9. The SMILES string of the molecule is Cc1ccc(-c2nnc(C3CC(NC(=O)c4cccc5[nH]c(=O)ccc45)C3)n2-c2ccccc2F)nc1. The number of pyridine rings is 2. The summed E-state index contributed by atoms with van der Waals surface area (Å²) in [5.41, 5.74) is 2.87. The molecule has 0 spiro atoms. The topological polar surface area (TPSA) is 106 Å². The number of hydrogen-bond acceptors (Lipinski definition) is 5. The van der Waals surface area contributed by atoms with Crippen molar-refractivity contribution in [2.45, 2.75) is 31.7 Å². The number of fused-ring (bicyclic) bond motifs is 1. The van der Waals surface area contributed by atoms with E-state index in [1.807, 2.05) is 19.1 Å². The number of rotatable bonds is 5. The number of aromatic amines is 1. The molecule has 37 heavy (non-hydrogen) atoms. The van der Waals surface area contributed by atoms with Gasteiger partial charge in [-0.25, -0.2) is 4.39 Å². The van der Waals surface area contributed by atoms with Crippen molar-refractivity contribution in [1.29, 1.82) is 0 Å². The molecule has 9 heteroatoms. The average Bonchev–Trinajstić information content (AvgIpc) is 3.30. The van der Waals surface area contributed by atoms with Gasteiger partial charge in [0.2, 0.25) is 5.56 Å². The number of carbonyl (C=O) groups is 1. The van der Waals surface area contributed by atoms with E-state index >= 15 is 0 Å². The summed E-state index contributed by atoms with van der Waals surface area (Å²) in [4.78, 5) is 31.9. The van der Waals surface area contributed by atoms with Crippen LogP contribution in [0.25, 0.3) is 28.1 Å². The molecule has 1 saturated carbocycles. The molecule has 3 heterocycles. The molecule has 0 atom stereocenters. The van der Waals surface area contributed by atoms with E-state index in [2.05, 4.69) is 25.5 Å². The Bertz CT molecular complexity index is 1690. The Morgan fingerprint density at radius 2 is 1.86 bits per heavy atom. The molecule has 2 N–H and O–H groups in total. The Hall–Kier alpha value is -4.66. The fourth-order valence-electron chi connectivity index (χ4n) is 4.79. The maximum Gasteiger partial charge on any atom is 0.252 e. The summed E-state index contributed by atoms with van der Waals surface area (Å²) in [5, 5.41) is 12.6. The van der Waals surface area contributed by atoms with Crippen molar-refractivity contribution >= 4 is 16.8 Å². The second-order valence-electron chi connectivity index (χ2n) is 9.32. The lowest BCUT2D eigenvalue weighted by Gasteiger charge is -2.35. The van der Waals surface area contributed by atoms with Crippen molar-refractivity contribution in [1.82, 2.24) is 30.0 Å². The molecule has 3 aromatic heterocycles. The van der Waals surface area contributed by atoms with Gasteiger partial charge in [-0.2, -0.15) is 0 Å². The number of H-pyrrole nitrogens is 1. The summed E-state index contributed by atoms with van der Waals surface area (Å²) in [5.74, 6) is 0.504. The van der Waals surface area contributed by atoms with Gasteiger partial charge in [0.05, 0.1) is 5.69 Å². The monoisotopic (exact) mass is 494 g/mol. The van der Waals surface area contributed by atoms with E-state index in [1.165, 1.54) is 12.1 Å². The van der Waals surface area contributed by atoms with Crippen LogP contribution in [0, 0.1) is 12.7 Å². The number of nitrogens with zero attached hydrogens (tertiary/aromatic N) is 4. The number of para-hydroxylation sites is 1. The smallest absolute Gasteiger partial charge is 0.252 e. The van der Waals surface area contributed by atoms with Crippen LogP contribution in [-0.2, 0) is 0 Å². The Balaban J connectivity index is 1.26. The van der Waals surface area contributed by atoms with Gasteiger partial charge in [-0.05, 0) is 61.7 Å². The van der Waals surface area contributed by atoms with Crippen LogP contribution in [0.5, 0.6) is 0 Å². The minimum atomic E-state index is -0.380. The Kier molecular flexibility index (Phi) is 5.60. The quantitative estimate of drug-likeness (QED) is 0.379. The number of benzene rings is 2. The second kappa shape index (κ2) is 9.09. The molecule has 6 rings (SSSR count). The first kappa shape index (κ1) is 22.8. The molecule has 1 fully saturated rings. The van der Waals surface area contributed by atoms with Gasteiger partial charge in [-0.3, -0.25) is 19.1 Å². The van der Waals surface area contributed by atoms with Crippen molar-refractivity contribution in [2.24, 2.45) is 0 Å². The van der Waals surface area contributed by atoms with E-state index in [0.717, 1.165) is 5.56 Å². The molecule has 8 nitrogen and oxygen atoms in total. The van der Waals surface area contributed by atoms with Crippen LogP contribution in [0.1, 0.15) is 40.5 Å². The number of aromatic nitrogens is 5. The molecule has 0 aliphatic heterocycles. The van der Waals surface area contributed by atoms with E-state index in [1.54, 1.807) is 53.2 Å². The molecule has 0 radical (unpaired) electrons. The third-order valence-electron chi connectivity index (χ3n) is 6.77. The third kappa shape index (κ3) is 4.18. The number of amides is 1. The van der Waals surface area contributed by atoms with E-state index in [0.29, 0.717) is 52.3 Å². The van der Waals surface area contributed by atoms with Crippen LogP contribution >= 0.6 is 0 Å². The zero-order chi connectivity index (χ0) is 25.5. The van der Waals surface area contributed by atoms with Gasteiger partial charge >= 0.3 is 0 Å². The fraction of sp³-hybridized carbons (Fsp3) is 0.179. The molecule has 1 aliphatic rings. The molecule has 0 saturated heterocycles. The summed E-state index contributed by atoms with van der Waals surface area (Å²) in [6.07, 6.45) is 3.02. The lowest BCUT2D eigenvalue weighted by molar-refractivity contribution is 0.0909. The highest BCUT2D eigenvalue weighted by atomic mass is 19.1. The molecule has 0 bridgehead atoms. The number of halogens is 1. The molecule has 0 unspecified atom stereocenters. The molecular weight excluding hydrogens is 471 g/mol. The van der Waals surface area contributed by atoms with E-state index in [-0.39, 0.29) is 29.2 Å². The summed E-state index contributed by atoms with van der Waals surface area (Å²) >= 11 is 0. The third-order valence-corrected chi connectivity index (χ3v) is 6.77. The summed E-state index contributed by atoms with van der Waals surface area (Å²) in [7, 11) is 0. The van der Waals surface area contributed by atoms with Crippen LogP contribution in [0.2, 0.25) is 0 Å². The Labute approximate surface area is 211 Å². The minimum absolute atomic E-state index is 0.0134. The van der Waals surface area contributed by atoms with Crippen molar-refractivity contribution in [2.75, 3.05) is 0 Å². The number of aryl methyl sites for hydroxylation is 1. The summed E-state index contributed by atoms with van der Waals surface area (Å²) in [6.45, 7) is 1.95. The van der Waals surface area contributed by atoms with Crippen molar-refractivity contribution in [3.05, 3.63) is 106 Å². The van der Waals surface area contributed by atoms with Gasteiger partial charge < -0.3 is 10.3 Å². The second-order valence-corrected chi connectivity index (χ2v) is 9.32. The van der Waals surface area contributed by atoms with Crippen molar-refractivity contribution in [3.63, 3.8) is 0 Å². The number of nitrogens with one attached hydrogen (secondary N) is 2. The van der Waals surface area contributed by atoms with Gasteiger partial charge in [0.1, 0.15) is 17.3 Å². The first-order valence-corrected chi connectivity index (χ1v) is 12.0. The molecule has 1 amide bonds. The Morgan fingerprint density at radius 3 is 2.65 bits per heavy atom. The predicted molar refractivity (Wildman–Crippen MR) is 137 cm³/mol. The zero-order valence-electron chi connectivity index (χ0n) is 20.0. The number of carbonyl (C=O) groups excluding carboxylic acids is 1. The zero-order valence-corrected chi connectivity index (χ0v) is 20.0.